The molecule has 0 saturated heterocycles. The normalized spacial score (nSPS) is 12.7. The number of aryl methyl sites for hydroxylation is 1. The molecule has 96 valence electrons. The summed E-state index contributed by atoms with van der Waals surface area (Å²) < 4.78 is 27.6. The van der Waals surface area contributed by atoms with Crippen LogP contribution in [-0.2, 0) is 6.42 Å². The molecule has 1 atom stereocenters. The molecule has 2 rings (SSSR count). The molecule has 1 nitrogen and oxygen atoms in total. The predicted molar refractivity (Wildman–Crippen MR) is 71.1 cm³/mol. The molecule has 0 saturated carbocycles. The second-order valence-corrected chi connectivity index (χ2v) is 5.80. The van der Waals surface area contributed by atoms with Crippen LogP contribution < -0.4 is 5.73 Å². The van der Waals surface area contributed by atoms with Crippen LogP contribution in [0.1, 0.15) is 22.0 Å². The number of hydrogen-bond donors (Lipinski definition) is 1. The van der Waals surface area contributed by atoms with Crippen LogP contribution in [0.3, 0.4) is 0 Å². The van der Waals surface area contributed by atoms with Crippen LogP contribution in [0.5, 0.6) is 0 Å². The third kappa shape index (κ3) is 2.71. The van der Waals surface area contributed by atoms with Crippen LogP contribution in [0.15, 0.2) is 24.3 Å². The van der Waals surface area contributed by atoms with Gasteiger partial charge in [-0.05, 0) is 37.1 Å². The van der Waals surface area contributed by atoms with Crippen molar-refractivity contribution in [2.24, 2.45) is 5.73 Å². The van der Waals surface area contributed by atoms with E-state index in [1.807, 2.05) is 13.0 Å². The van der Waals surface area contributed by atoms with Crippen molar-refractivity contribution in [3.63, 3.8) is 0 Å². The zero-order valence-electron chi connectivity index (χ0n) is 9.71. The molecule has 5 heteroatoms. The quantitative estimate of drug-likeness (QED) is 0.898. The lowest BCUT2D eigenvalue weighted by molar-refractivity contribution is 0.541. The Morgan fingerprint density at radius 2 is 1.94 bits per heavy atom. The molecule has 0 amide bonds. The Morgan fingerprint density at radius 3 is 2.44 bits per heavy atom. The van der Waals surface area contributed by atoms with Gasteiger partial charge in [0.1, 0.15) is 11.6 Å². The summed E-state index contributed by atoms with van der Waals surface area (Å²) in [4.78, 5) is 0.833. The smallest absolute Gasteiger partial charge is 0.129 e. The molecule has 0 radical (unpaired) electrons. The molecule has 0 spiro atoms. The van der Waals surface area contributed by atoms with Crippen molar-refractivity contribution < 1.29 is 8.78 Å². The number of hydrogen-bond acceptors (Lipinski definition) is 2. The van der Waals surface area contributed by atoms with Crippen LogP contribution in [0.25, 0.3) is 0 Å². The molecule has 18 heavy (non-hydrogen) atoms. The monoisotopic (exact) mass is 287 g/mol. The standard InChI is InChI=1S/C13H12ClF2NS/c1-7-5-12(18-13(7)14)11(17)6-8-9(15)3-2-4-10(8)16/h2-5,11H,6,17H2,1H3. The lowest BCUT2D eigenvalue weighted by Gasteiger charge is -2.11. The summed E-state index contributed by atoms with van der Waals surface area (Å²) in [5.41, 5.74) is 6.92. The summed E-state index contributed by atoms with van der Waals surface area (Å²) in [5, 5.41) is 0. The van der Waals surface area contributed by atoms with Crippen LogP contribution in [0, 0.1) is 18.6 Å². The minimum Gasteiger partial charge on any atom is -0.323 e. The van der Waals surface area contributed by atoms with Crippen molar-refractivity contribution in [2.75, 3.05) is 0 Å². The van der Waals surface area contributed by atoms with E-state index in [2.05, 4.69) is 0 Å². The van der Waals surface area contributed by atoms with Gasteiger partial charge in [0.05, 0.1) is 4.34 Å². The van der Waals surface area contributed by atoms with Crippen molar-refractivity contribution in [1.29, 1.82) is 0 Å². The van der Waals surface area contributed by atoms with Gasteiger partial charge in [0, 0.05) is 16.5 Å². The SMILES string of the molecule is Cc1cc(C(N)Cc2c(F)cccc2F)sc1Cl. The molecule has 0 aliphatic rings. The molecule has 2 aromatic rings. The molecule has 0 fully saturated rings. The average molecular weight is 288 g/mol. The summed E-state index contributed by atoms with van der Waals surface area (Å²) >= 11 is 7.30. The summed E-state index contributed by atoms with van der Waals surface area (Å²) in [6.45, 7) is 1.87. The Kier molecular flexibility index (Phi) is 4.00. The van der Waals surface area contributed by atoms with E-state index in [0.29, 0.717) is 4.34 Å². The van der Waals surface area contributed by atoms with E-state index < -0.39 is 17.7 Å². The van der Waals surface area contributed by atoms with Crippen molar-refractivity contribution in [2.45, 2.75) is 19.4 Å². The Balaban J connectivity index is 2.23. The van der Waals surface area contributed by atoms with Gasteiger partial charge in [-0.2, -0.15) is 0 Å². The molecule has 0 aliphatic carbocycles. The Bertz CT molecular complexity index is 528. The highest BCUT2D eigenvalue weighted by Crippen LogP contribution is 2.32. The molecule has 0 aliphatic heterocycles. The maximum absolute atomic E-state index is 13.5. The maximum atomic E-state index is 13.5. The minimum absolute atomic E-state index is 0.0205. The van der Waals surface area contributed by atoms with Crippen molar-refractivity contribution in [3.05, 3.63) is 56.2 Å². The molecular formula is C13H12ClF2NS. The van der Waals surface area contributed by atoms with Crippen LogP contribution in [-0.4, -0.2) is 0 Å². The number of thiophene rings is 1. The fourth-order valence-corrected chi connectivity index (χ4v) is 2.93. The first kappa shape index (κ1) is 13.5. The van der Waals surface area contributed by atoms with Crippen molar-refractivity contribution in [3.8, 4) is 0 Å². The third-order valence-corrected chi connectivity index (χ3v) is 4.41. The van der Waals surface area contributed by atoms with Crippen LogP contribution >= 0.6 is 22.9 Å². The predicted octanol–water partition coefficient (Wildman–Crippen LogP) is 4.23. The largest absolute Gasteiger partial charge is 0.323 e. The van der Waals surface area contributed by atoms with Crippen molar-refractivity contribution in [1.82, 2.24) is 0 Å². The Labute approximate surface area is 113 Å². The van der Waals surface area contributed by atoms with Crippen LogP contribution in [0.4, 0.5) is 8.78 Å². The highest BCUT2D eigenvalue weighted by atomic mass is 35.5. The van der Waals surface area contributed by atoms with Gasteiger partial charge in [0.25, 0.3) is 0 Å². The van der Waals surface area contributed by atoms with E-state index in [9.17, 15) is 8.78 Å². The minimum atomic E-state index is -0.565. The molecule has 1 heterocycles. The first-order chi connectivity index (χ1) is 8.49. The van der Waals surface area contributed by atoms with Gasteiger partial charge in [0.15, 0.2) is 0 Å². The molecule has 0 bridgehead atoms. The second-order valence-electron chi connectivity index (χ2n) is 4.12. The van der Waals surface area contributed by atoms with E-state index in [4.69, 9.17) is 17.3 Å². The lowest BCUT2D eigenvalue weighted by Crippen LogP contribution is -2.13. The summed E-state index contributed by atoms with van der Waals surface area (Å²) in [7, 11) is 0. The zero-order chi connectivity index (χ0) is 13.3. The first-order valence-corrected chi connectivity index (χ1v) is 6.62. The molecular weight excluding hydrogens is 276 g/mol. The fraction of sp³-hybridized carbons (Fsp3) is 0.231. The van der Waals surface area contributed by atoms with Gasteiger partial charge < -0.3 is 5.73 Å². The van der Waals surface area contributed by atoms with Gasteiger partial charge in [-0.3, -0.25) is 0 Å². The number of nitrogens with two attached hydrogens (primary N) is 1. The number of halogens is 3. The van der Waals surface area contributed by atoms with Gasteiger partial charge in [-0.1, -0.05) is 17.7 Å². The van der Waals surface area contributed by atoms with E-state index in [-0.39, 0.29) is 12.0 Å². The lowest BCUT2D eigenvalue weighted by atomic mass is 10.0. The van der Waals surface area contributed by atoms with Gasteiger partial charge >= 0.3 is 0 Å². The van der Waals surface area contributed by atoms with Crippen LogP contribution in [0.2, 0.25) is 4.34 Å². The molecule has 1 unspecified atom stereocenters. The molecule has 1 aromatic heterocycles. The van der Waals surface area contributed by atoms with E-state index in [1.54, 1.807) is 0 Å². The van der Waals surface area contributed by atoms with Crippen molar-refractivity contribution >= 4 is 22.9 Å². The average Bonchev–Trinajstić information content (AvgIpc) is 2.64. The number of rotatable bonds is 3. The summed E-state index contributed by atoms with van der Waals surface area (Å²) in [6.07, 6.45) is 0.120. The van der Waals surface area contributed by atoms with E-state index in [1.165, 1.54) is 29.5 Å². The Hall–Kier alpha value is -0.970. The van der Waals surface area contributed by atoms with Gasteiger partial charge in [-0.15, -0.1) is 11.3 Å². The maximum Gasteiger partial charge on any atom is 0.129 e. The topological polar surface area (TPSA) is 26.0 Å². The molecule has 2 N–H and O–H groups in total. The fourth-order valence-electron chi connectivity index (χ4n) is 1.71. The second kappa shape index (κ2) is 5.34. The summed E-state index contributed by atoms with van der Waals surface area (Å²) in [6, 6.07) is 5.21. The van der Waals surface area contributed by atoms with E-state index in [0.717, 1.165) is 10.4 Å². The Morgan fingerprint density at radius 1 is 1.33 bits per heavy atom. The summed E-state index contributed by atoms with van der Waals surface area (Å²) in [5.74, 6) is -1.13. The highest BCUT2D eigenvalue weighted by Gasteiger charge is 2.16. The zero-order valence-corrected chi connectivity index (χ0v) is 11.3. The number of benzene rings is 1. The van der Waals surface area contributed by atoms with E-state index >= 15 is 0 Å². The first-order valence-electron chi connectivity index (χ1n) is 5.43. The van der Waals surface area contributed by atoms with Gasteiger partial charge in [0.2, 0.25) is 0 Å². The third-order valence-electron chi connectivity index (χ3n) is 2.73. The molecule has 1 aromatic carbocycles. The van der Waals surface area contributed by atoms with Gasteiger partial charge in [-0.25, -0.2) is 8.78 Å². The highest BCUT2D eigenvalue weighted by molar-refractivity contribution is 7.16.